The Morgan fingerprint density at radius 3 is 2.52 bits per heavy atom. The summed E-state index contributed by atoms with van der Waals surface area (Å²) in [5.74, 6) is -0.591. The minimum Gasteiger partial charge on any atom is -0.397 e. The van der Waals surface area contributed by atoms with Crippen molar-refractivity contribution in [3.05, 3.63) is 53.8 Å². The van der Waals surface area contributed by atoms with Crippen LogP contribution in [0.1, 0.15) is 12.5 Å². The Morgan fingerprint density at radius 1 is 1.24 bits per heavy atom. The third kappa shape index (κ3) is 4.23. The van der Waals surface area contributed by atoms with Gasteiger partial charge in [-0.25, -0.2) is 4.39 Å². The highest BCUT2D eigenvalue weighted by atomic mass is 32.2. The number of aryl methyl sites for hydroxylation is 1. The van der Waals surface area contributed by atoms with Gasteiger partial charge >= 0.3 is 0 Å². The molecule has 3 N–H and O–H groups in total. The number of carbonyl (C=O) groups excluding carboxylic acids is 1. The summed E-state index contributed by atoms with van der Waals surface area (Å²) in [4.78, 5) is 13.2. The lowest BCUT2D eigenvalue weighted by Crippen LogP contribution is -2.22. The Morgan fingerprint density at radius 2 is 1.90 bits per heavy atom. The molecule has 0 aromatic heterocycles. The number of rotatable bonds is 4. The van der Waals surface area contributed by atoms with Crippen LogP contribution in [-0.4, -0.2) is 11.2 Å². The molecule has 2 aromatic carbocycles. The molecule has 110 valence electrons. The number of amides is 1. The van der Waals surface area contributed by atoms with Crippen LogP contribution in [0.2, 0.25) is 0 Å². The number of nitrogen functional groups attached to an aromatic ring is 1. The molecule has 0 saturated heterocycles. The van der Waals surface area contributed by atoms with Gasteiger partial charge in [0.2, 0.25) is 5.91 Å². The SMILES string of the molecule is Cc1ccc(SC(C)C(=O)Nc2ccc(F)cc2N)cc1. The van der Waals surface area contributed by atoms with E-state index in [2.05, 4.69) is 5.32 Å². The van der Waals surface area contributed by atoms with Crippen molar-refractivity contribution >= 4 is 29.0 Å². The molecular formula is C16H17FN2OS. The van der Waals surface area contributed by atoms with Crippen LogP contribution < -0.4 is 11.1 Å². The Labute approximate surface area is 127 Å². The van der Waals surface area contributed by atoms with Gasteiger partial charge in [0, 0.05) is 4.90 Å². The number of anilines is 2. The molecule has 1 unspecified atom stereocenters. The fraction of sp³-hybridized carbons (Fsp3) is 0.188. The van der Waals surface area contributed by atoms with E-state index in [0.717, 1.165) is 4.90 Å². The molecule has 0 spiro atoms. The Kier molecular flexibility index (Phi) is 4.85. The highest BCUT2D eigenvalue weighted by Crippen LogP contribution is 2.26. The summed E-state index contributed by atoms with van der Waals surface area (Å²) in [6.07, 6.45) is 0. The normalized spacial score (nSPS) is 12.0. The maximum absolute atomic E-state index is 13.0. The van der Waals surface area contributed by atoms with E-state index in [1.807, 2.05) is 38.1 Å². The maximum Gasteiger partial charge on any atom is 0.237 e. The minimum absolute atomic E-state index is 0.168. The lowest BCUT2D eigenvalue weighted by Gasteiger charge is -2.13. The molecule has 0 bridgehead atoms. The van der Waals surface area contributed by atoms with Gasteiger partial charge in [0.25, 0.3) is 0 Å². The van der Waals surface area contributed by atoms with E-state index in [1.54, 1.807) is 0 Å². The lowest BCUT2D eigenvalue weighted by molar-refractivity contribution is -0.115. The van der Waals surface area contributed by atoms with Crippen molar-refractivity contribution in [3.8, 4) is 0 Å². The summed E-state index contributed by atoms with van der Waals surface area (Å²) in [5.41, 5.74) is 7.50. The molecule has 0 aliphatic carbocycles. The lowest BCUT2D eigenvalue weighted by atomic mass is 10.2. The smallest absolute Gasteiger partial charge is 0.237 e. The number of benzene rings is 2. The summed E-state index contributed by atoms with van der Waals surface area (Å²) in [5, 5.41) is 2.44. The Bertz CT molecular complexity index is 643. The number of nitrogens with one attached hydrogen (secondary N) is 1. The van der Waals surface area contributed by atoms with E-state index < -0.39 is 5.82 Å². The number of carbonyl (C=O) groups is 1. The zero-order valence-electron chi connectivity index (χ0n) is 11.9. The van der Waals surface area contributed by atoms with Crippen LogP contribution in [0.25, 0.3) is 0 Å². The van der Waals surface area contributed by atoms with Crippen LogP contribution in [0.15, 0.2) is 47.4 Å². The molecule has 0 aliphatic rings. The Hall–Kier alpha value is -2.01. The average molecular weight is 304 g/mol. The second kappa shape index (κ2) is 6.63. The molecule has 21 heavy (non-hydrogen) atoms. The topological polar surface area (TPSA) is 55.1 Å². The van der Waals surface area contributed by atoms with E-state index in [-0.39, 0.29) is 16.8 Å². The van der Waals surface area contributed by atoms with Crippen molar-refractivity contribution in [1.29, 1.82) is 0 Å². The second-order valence-electron chi connectivity index (χ2n) is 4.79. The number of nitrogens with two attached hydrogens (primary N) is 1. The van der Waals surface area contributed by atoms with Crippen LogP contribution in [-0.2, 0) is 4.79 Å². The van der Waals surface area contributed by atoms with Crippen LogP contribution in [0.5, 0.6) is 0 Å². The van der Waals surface area contributed by atoms with Gasteiger partial charge in [-0.3, -0.25) is 4.79 Å². The first-order chi connectivity index (χ1) is 9.95. The van der Waals surface area contributed by atoms with Crippen molar-refractivity contribution in [2.24, 2.45) is 0 Å². The maximum atomic E-state index is 13.0. The van der Waals surface area contributed by atoms with Gasteiger partial charge in [0.15, 0.2) is 0 Å². The fourth-order valence-electron chi connectivity index (χ4n) is 1.76. The monoisotopic (exact) mass is 304 g/mol. The van der Waals surface area contributed by atoms with Gasteiger partial charge in [0.1, 0.15) is 5.82 Å². The predicted octanol–water partition coefficient (Wildman–Crippen LogP) is 3.84. The summed E-state index contributed by atoms with van der Waals surface area (Å²) < 4.78 is 13.0. The highest BCUT2D eigenvalue weighted by molar-refractivity contribution is 8.00. The Balaban J connectivity index is 2.00. The zero-order chi connectivity index (χ0) is 15.4. The molecule has 0 saturated carbocycles. The molecule has 2 aromatic rings. The molecule has 5 heteroatoms. The van der Waals surface area contributed by atoms with Gasteiger partial charge in [0.05, 0.1) is 16.6 Å². The number of halogens is 1. The first-order valence-electron chi connectivity index (χ1n) is 6.55. The summed E-state index contributed by atoms with van der Waals surface area (Å²) in [7, 11) is 0. The van der Waals surface area contributed by atoms with Gasteiger partial charge in [-0.05, 0) is 44.2 Å². The largest absolute Gasteiger partial charge is 0.397 e. The third-order valence-corrected chi connectivity index (χ3v) is 4.09. The molecule has 3 nitrogen and oxygen atoms in total. The number of hydrogen-bond donors (Lipinski definition) is 2. The van der Waals surface area contributed by atoms with Crippen LogP contribution in [0.3, 0.4) is 0 Å². The molecule has 0 heterocycles. The van der Waals surface area contributed by atoms with E-state index >= 15 is 0 Å². The van der Waals surface area contributed by atoms with Crippen LogP contribution in [0, 0.1) is 12.7 Å². The van der Waals surface area contributed by atoms with Crippen LogP contribution in [0.4, 0.5) is 15.8 Å². The number of thioether (sulfide) groups is 1. The first kappa shape index (κ1) is 15.4. The van der Waals surface area contributed by atoms with Gasteiger partial charge in [-0.1, -0.05) is 17.7 Å². The number of hydrogen-bond acceptors (Lipinski definition) is 3. The predicted molar refractivity (Wildman–Crippen MR) is 85.9 cm³/mol. The minimum atomic E-state index is -0.424. The second-order valence-corrected chi connectivity index (χ2v) is 6.21. The molecule has 0 aliphatic heterocycles. The van der Waals surface area contributed by atoms with E-state index in [4.69, 9.17) is 5.73 Å². The molecular weight excluding hydrogens is 287 g/mol. The van der Waals surface area contributed by atoms with Crippen molar-refractivity contribution in [2.45, 2.75) is 24.0 Å². The van der Waals surface area contributed by atoms with Gasteiger partial charge < -0.3 is 11.1 Å². The van der Waals surface area contributed by atoms with E-state index in [0.29, 0.717) is 5.69 Å². The van der Waals surface area contributed by atoms with E-state index in [9.17, 15) is 9.18 Å². The van der Waals surface area contributed by atoms with Crippen LogP contribution >= 0.6 is 11.8 Å². The van der Waals surface area contributed by atoms with Crippen molar-refractivity contribution in [1.82, 2.24) is 0 Å². The standard InChI is InChI=1S/C16H17FN2OS/c1-10-3-6-13(7-4-10)21-11(2)16(20)19-15-8-5-12(17)9-14(15)18/h3-9,11H,18H2,1-2H3,(H,19,20). The molecule has 1 amide bonds. The van der Waals surface area contributed by atoms with Crippen molar-refractivity contribution < 1.29 is 9.18 Å². The first-order valence-corrected chi connectivity index (χ1v) is 7.43. The average Bonchev–Trinajstić information content (AvgIpc) is 2.44. The van der Waals surface area contributed by atoms with Crippen molar-refractivity contribution in [2.75, 3.05) is 11.1 Å². The fourth-order valence-corrected chi connectivity index (χ4v) is 2.62. The van der Waals surface area contributed by atoms with E-state index in [1.165, 1.54) is 35.5 Å². The molecule has 1 atom stereocenters. The quantitative estimate of drug-likeness (QED) is 0.666. The molecule has 0 fully saturated rings. The molecule has 0 radical (unpaired) electrons. The van der Waals surface area contributed by atoms with Crippen molar-refractivity contribution in [3.63, 3.8) is 0 Å². The third-order valence-electron chi connectivity index (χ3n) is 2.97. The van der Waals surface area contributed by atoms with Gasteiger partial charge in [-0.15, -0.1) is 11.8 Å². The zero-order valence-corrected chi connectivity index (χ0v) is 12.7. The summed E-state index contributed by atoms with van der Waals surface area (Å²) >= 11 is 1.46. The summed E-state index contributed by atoms with van der Waals surface area (Å²) in [6.45, 7) is 3.83. The van der Waals surface area contributed by atoms with Gasteiger partial charge in [-0.2, -0.15) is 0 Å². The molecule has 2 rings (SSSR count). The summed E-state index contributed by atoms with van der Waals surface area (Å²) in [6, 6.07) is 11.9. The highest BCUT2D eigenvalue weighted by Gasteiger charge is 2.15.